The zero-order valence-electron chi connectivity index (χ0n) is 10.6. The fraction of sp³-hybridized carbons (Fsp3) is 0.429. The quantitative estimate of drug-likeness (QED) is 0.883. The first-order valence-corrected chi connectivity index (χ1v) is 6.25. The average Bonchev–Trinajstić information content (AvgIpc) is 2.61. The van der Waals surface area contributed by atoms with Gasteiger partial charge in [-0.05, 0) is 45.2 Å². The topological polar surface area (TPSA) is 55.1 Å². The van der Waals surface area contributed by atoms with Crippen LogP contribution in [-0.4, -0.2) is 20.6 Å². The molecule has 4 heteroatoms. The average molecular weight is 244 g/mol. The molecule has 1 N–H and O–H groups in total. The molecule has 0 atom stereocenters. The van der Waals surface area contributed by atoms with Gasteiger partial charge in [0.2, 0.25) is 0 Å². The molecular formula is C14H16N2O2. The molecule has 0 aliphatic heterocycles. The lowest BCUT2D eigenvalue weighted by Gasteiger charge is -2.41. The molecule has 18 heavy (non-hydrogen) atoms. The van der Waals surface area contributed by atoms with Gasteiger partial charge in [0.15, 0.2) is 0 Å². The van der Waals surface area contributed by atoms with Gasteiger partial charge in [-0.2, -0.15) is 0 Å². The van der Waals surface area contributed by atoms with Crippen LogP contribution in [0.3, 0.4) is 0 Å². The second kappa shape index (κ2) is 3.57. The Morgan fingerprint density at radius 2 is 2.17 bits per heavy atom. The van der Waals surface area contributed by atoms with Gasteiger partial charge in [0, 0.05) is 5.54 Å². The van der Waals surface area contributed by atoms with Crippen molar-refractivity contribution in [2.24, 2.45) is 0 Å². The van der Waals surface area contributed by atoms with E-state index < -0.39 is 5.97 Å². The minimum atomic E-state index is -0.885. The minimum absolute atomic E-state index is 0.0321. The van der Waals surface area contributed by atoms with E-state index in [2.05, 4.69) is 16.5 Å². The zero-order chi connectivity index (χ0) is 12.9. The number of aromatic carboxylic acids is 1. The van der Waals surface area contributed by atoms with Gasteiger partial charge < -0.3 is 9.67 Å². The number of aryl methyl sites for hydroxylation is 1. The van der Waals surface area contributed by atoms with Crippen molar-refractivity contribution in [2.45, 2.75) is 38.6 Å². The van der Waals surface area contributed by atoms with Crippen molar-refractivity contribution >= 4 is 17.0 Å². The lowest BCUT2D eigenvalue weighted by molar-refractivity contribution is 0.0698. The molecule has 0 saturated heterocycles. The van der Waals surface area contributed by atoms with Crippen LogP contribution in [0.5, 0.6) is 0 Å². The summed E-state index contributed by atoms with van der Waals surface area (Å²) >= 11 is 0. The normalized spacial score (nSPS) is 17.7. The maximum atomic E-state index is 11.4. The van der Waals surface area contributed by atoms with Gasteiger partial charge in [0.05, 0.1) is 16.6 Å². The molecule has 4 nitrogen and oxygen atoms in total. The predicted octanol–water partition coefficient (Wildman–Crippen LogP) is 2.94. The molecule has 94 valence electrons. The second-order valence-electron chi connectivity index (χ2n) is 5.32. The molecule has 1 aromatic heterocycles. The van der Waals surface area contributed by atoms with Crippen molar-refractivity contribution in [3.05, 3.63) is 29.6 Å². The number of hydrogen-bond donors (Lipinski definition) is 1. The highest BCUT2D eigenvalue weighted by molar-refractivity contribution is 6.01. The summed E-state index contributed by atoms with van der Waals surface area (Å²) in [5.74, 6) is 0.0190. The van der Waals surface area contributed by atoms with Gasteiger partial charge in [-0.1, -0.05) is 6.07 Å². The van der Waals surface area contributed by atoms with Gasteiger partial charge in [-0.25, -0.2) is 9.78 Å². The van der Waals surface area contributed by atoms with Crippen molar-refractivity contribution < 1.29 is 9.90 Å². The van der Waals surface area contributed by atoms with E-state index in [-0.39, 0.29) is 5.54 Å². The standard InChI is InChI=1S/C14H16N2O2/c1-9-15-11-6-3-5-10(13(17)18)12(11)16(9)14(2)7-4-8-14/h3,5-6H,4,7-8H2,1-2H3,(H,17,18). The molecule has 3 rings (SSSR count). The van der Waals surface area contributed by atoms with Crippen LogP contribution in [0.4, 0.5) is 0 Å². The lowest BCUT2D eigenvalue weighted by Crippen LogP contribution is -2.38. The van der Waals surface area contributed by atoms with Crippen molar-refractivity contribution in [3.63, 3.8) is 0 Å². The SMILES string of the molecule is Cc1nc2cccc(C(=O)O)c2n1C1(C)CCC1. The first-order valence-electron chi connectivity index (χ1n) is 6.25. The number of imidazole rings is 1. The first-order chi connectivity index (χ1) is 8.53. The molecule has 1 saturated carbocycles. The summed E-state index contributed by atoms with van der Waals surface area (Å²) in [6, 6.07) is 5.29. The number of rotatable bonds is 2. The molecule has 1 fully saturated rings. The Labute approximate surface area is 105 Å². The third-order valence-electron chi connectivity index (χ3n) is 4.05. The highest BCUT2D eigenvalue weighted by Crippen LogP contribution is 2.42. The van der Waals surface area contributed by atoms with Crippen molar-refractivity contribution in [2.75, 3.05) is 0 Å². The van der Waals surface area contributed by atoms with E-state index >= 15 is 0 Å². The van der Waals surface area contributed by atoms with Crippen LogP contribution >= 0.6 is 0 Å². The lowest BCUT2D eigenvalue weighted by atomic mass is 9.78. The van der Waals surface area contributed by atoms with E-state index in [1.54, 1.807) is 12.1 Å². The van der Waals surface area contributed by atoms with Crippen LogP contribution in [0.2, 0.25) is 0 Å². The highest BCUT2D eigenvalue weighted by Gasteiger charge is 2.36. The van der Waals surface area contributed by atoms with Gasteiger partial charge in [0.1, 0.15) is 5.82 Å². The number of carboxylic acids is 1. The monoisotopic (exact) mass is 244 g/mol. The summed E-state index contributed by atoms with van der Waals surface area (Å²) in [7, 11) is 0. The number of benzene rings is 1. The summed E-state index contributed by atoms with van der Waals surface area (Å²) in [6.45, 7) is 4.14. The summed E-state index contributed by atoms with van der Waals surface area (Å²) in [5.41, 5.74) is 1.93. The summed E-state index contributed by atoms with van der Waals surface area (Å²) in [5, 5.41) is 9.33. The summed E-state index contributed by atoms with van der Waals surface area (Å²) < 4.78 is 2.12. The largest absolute Gasteiger partial charge is 0.478 e. The van der Waals surface area contributed by atoms with Crippen LogP contribution in [0.1, 0.15) is 42.4 Å². The van der Waals surface area contributed by atoms with Crippen molar-refractivity contribution in [1.29, 1.82) is 0 Å². The van der Waals surface area contributed by atoms with E-state index in [0.29, 0.717) is 5.56 Å². The van der Waals surface area contributed by atoms with Crippen molar-refractivity contribution in [1.82, 2.24) is 9.55 Å². The number of carbonyl (C=O) groups is 1. The molecule has 0 bridgehead atoms. The molecule has 2 aromatic rings. The Morgan fingerprint density at radius 3 is 2.72 bits per heavy atom. The second-order valence-corrected chi connectivity index (χ2v) is 5.32. The number of para-hydroxylation sites is 1. The smallest absolute Gasteiger partial charge is 0.337 e. The Kier molecular flexibility index (Phi) is 2.24. The molecule has 0 spiro atoms. The Bertz CT molecular complexity index is 639. The van der Waals surface area contributed by atoms with Gasteiger partial charge in [0.25, 0.3) is 0 Å². The van der Waals surface area contributed by atoms with Crippen LogP contribution in [0.15, 0.2) is 18.2 Å². The first kappa shape index (κ1) is 11.3. The number of hydrogen-bond acceptors (Lipinski definition) is 2. The maximum absolute atomic E-state index is 11.4. The highest BCUT2D eigenvalue weighted by atomic mass is 16.4. The fourth-order valence-electron chi connectivity index (χ4n) is 2.99. The van der Waals surface area contributed by atoms with Crippen LogP contribution < -0.4 is 0 Å². The molecule has 0 amide bonds. The zero-order valence-corrected chi connectivity index (χ0v) is 10.6. The van der Waals surface area contributed by atoms with Crippen LogP contribution in [0, 0.1) is 6.92 Å². The summed E-state index contributed by atoms with van der Waals surface area (Å²) in [6.07, 6.45) is 3.38. The van der Waals surface area contributed by atoms with E-state index in [1.165, 1.54) is 6.42 Å². The van der Waals surface area contributed by atoms with E-state index in [4.69, 9.17) is 0 Å². The number of aromatic nitrogens is 2. The summed E-state index contributed by atoms with van der Waals surface area (Å²) in [4.78, 5) is 15.9. The Balaban J connectivity index is 2.36. The van der Waals surface area contributed by atoms with Gasteiger partial charge in [-0.3, -0.25) is 0 Å². The number of fused-ring (bicyclic) bond motifs is 1. The van der Waals surface area contributed by atoms with Gasteiger partial charge in [-0.15, -0.1) is 0 Å². The Morgan fingerprint density at radius 1 is 1.44 bits per heavy atom. The molecule has 1 aromatic carbocycles. The molecular weight excluding hydrogens is 228 g/mol. The molecule has 1 aliphatic carbocycles. The molecule has 0 unspecified atom stereocenters. The molecule has 1 aliphatic rings. The van der Waals surface area contributed by atoms with Crippen molar-refractivity contribution in [3.8, 4) is 0 Å². The number of nitrogens with zero attached hydrogens (tertiary/aromatic N) is 2. The third-order valence-corrected chi connectivity index (χ3v) is 4.05. The minimum Gasteiger partial charge on any atom is -0.478 e. The number of carboxylic acid groups (broad SMARTS) is 1. The van der Waals surface area contributed by atoms with E-state index in [9.17, 15) is 9.90 Å². The molecule has 0 radical (unpaired) electrons. The van der Waals surface area contributed by atoms with Crippen LogP contribution in [-0.2, 0) is 5.54 Å². The Hall–Kier alpha value is -1.84. The van der Waals surface area contributed by atoms with E-state index in [0.717, 1.165) is 29.7 Å². The van der Waals surface area contributed by atoms with Crippen LogP contribution in [0.25, 0.3) is 11.0 Å². The third kappa shape index (κ3) is 1.38. The molecule has 1 heterocycles. The van der Waals surface area contributed by atoms with E-state index in [1.807, 2.05) is 13.0 Å². The fourth-order valence-corrected chi connectivity index (χ4v) is 2.99. The predicted molar refractivity (Wildman–Crippen MR) is 68.9 cm³/mol. The maximum Gasteiger partial charge on any atom is 0.337 e. The van der Waals surface area contributed by atoms with Gasteiger partial charge >= 0.3 is 5.97 Å².